The molecule has 158 valence electrons. The number of anilines is 1. The Morgan fingerprint density at radius 1 is 1.00 bits per heavy atom. The minimum atomic E-state index is -0.739. The van der Waals surface area contributed by atoms with Crippen molar-refractivity contribution in [2.45, 2.75) is 6.92 Å². The summed E-state index contributed by atoms with van der Waals surface area (Å²) in [6.45, 7) is 1.65. The van der Waals surface area contributed by atoms with Crippen molar-refractivity contribution < 1.29 is 22.8 Å². The Labute approximate surface area is 177 Å². The number of amides is 2. The molecule has 0 fully saturated rings. The summed E-state index contributed by atoms with van der Waals surface area (Å²) < 4.78 is 32.6. The van der Waals surface area contributed by atoms with Crippen molar-refractivity contribution in [2.75, 3.05) is 12.4 Å². The maximum absolute atomic E-state index is 14.4. The number of furan rings is 1. The van der Waals surface area contributed by atoms with Crippen LogP contribution in [0.2, 0.25) is 0 Å². The molecule has 3 rings (SSSR count). The topological polar surface area (TPSA) is 95.2 Å². The van der Waals surface area contributed by atoms with Gasteiger partial charge in [0.2, 0.25) is 0 Å². The van der Waals surface area contributed by atoms with Crippen LogP contribution in [-0.4, -0.2) is 24.6 Å². The molecule has 0 aliphatic rings. The van der Waals surface area contributed by atoms with Crippen molar-refractivity contribution in [3.8, 4) is 0 Å². The maximum atomic E-state index is 14.4. The van der Waals surface area contributed by atoms with E-state index in [1.165, 1.54) is 49.5 Å². The summed E-state index contributed by atoms with van der Waals surface area (Å²) in [5, 5.41) is 13.1. The lowest BCUT2D eigenvalue weighted by Gasteiger charge is -2.10. The lowest BCUT2D eigenvalue weighted by atomic mass is 10.0. The predicted octanol–water partition coefficient (Wildman–Crippen LogP) is 4.56. The van der Waals surface area contributed by atoms with Crippen LogP contribution in [0.15, 0.2) is 59.0 Å². The summed E-state index contributed by atoms with van der Waals surface area (Å²) in [5.74, 6) is -2.48. The zero-order valence-electron chi connectivity index (χ0n) is 16.8. The Hall–Kier alpha value is -4.07. The first-order chi connectivity index (χ1) is 14.8. The third-order valence-electron chi connectivity index (χ3n) is 4.45. The van der Waals surface area contributed by atoms with E-state index >= 15 is 0 Å². The third-order valence-corrected chi connectivity index (χ3v) is 4.45. The molecule has 8 heteroatoms. The fourth-order valence-electron chi connectivity index (χ4n) is 2.79. The number of halogens is 2. The Bertz CT molecular complexity index is 1180. The zero-order valence-corrected chi connectivity index (χ0v) is 16.8. The molecule has 6 nitrogen and oxygen atoms in total. The smallest absolute Gasteiger partial charge is 0.291 e. The SMILES string of the molecule is CNC(=O)c1ccc(C(=O)Nc2cc(C(=N)/C=C/c3ccc(F)cc3)c(C)cc2F)o1. The number of hydrogen-bond acceptors (Lipinski definition) is 4. The summed E-state index contributed by atoms with van der Waals surface area (Å²) in [6.07, 6.45) is 3.13. The lowest BCUT2D eigenvalue weighted by molar-refractivity contribution is 0.0927. The van der Waals surface area contributed by atoms with E-state index in [0.717, 1.165) is 0 Å². The molecule has 1 heterocycles. The average Bonchev–Trinajstić information content (AvgIpc) is 3.25. The summed E-state index contributed by atoms with van der Waals surface area (Å²) >= 11 is 0. The van der Waals surface area contributed by atoms with Crippen molar-refractivity contribution in [3.05, 3.63) is 94.5 Å². The minimum absolute atomic E-state index is 0.0505. The van der Waals surface area contributed by atoms with Gasteiger partial charge in [-0.05, 0) is 60.5 Å². The van der Waals surface area contributed by atoms with Crippen LogP contribution in [0.3, 0.4) is 0 Å². The van der Waals surface area contributed by atoms with Gasteiger partial charge < -0.3 is 20.5 Å². The fourth-order valence-corrected chi connectivity index (χ4v) is 2.79. The van der Waals surface area contributed by atoms with E-state index in [2.05, 4.69) is 10.6 Å². The lowest BCUT2D eigenvalue weighted by Crippen LogP contribution is -2.17. The van der Waals surface area contributed by atoms with E-state index in [0.29, 0.717) is 16.7 Å². The van der Waals surface area contributed by atoms with Crippen molar-refractivity contribution in [3.63, 3.8) is 0 Å². The molecule has 3 N–H and O–H groups in total. The highest BCUT2D eigenvalue weighted by molar-refractivity contribution is 6.11. The van der Waals surface area contributed by atoms with Gasteiger partial charge >= 0.3 is 0 Å². The Morgan fingerprint density at radius 3 is 2.29 bits per heavy atom. The Kier molecular flexibility index (Phi) is 6.40. The molecule has 1 aromatic heterocycles. The summed E-state index contributed by atoms with van der Waals surface area (Å²) in [6, 6.07) is 11.0. The second-order valence-corrected chi connectivity index (χ2v) is 6.64. The van der Waals surface area contributed by atoms with Gasteiger partial charge in [0.1, 0.15) is 11.6 Å². The molecule has 31 heavy (non-hydrogen) atoms. The van der Waals surface area contributed by atoms with E-state index in [-0.39, 0.29) is 28.7 Å². The molecule has 0 aliphatic carbocycles. The van der Waals surface area contributed by atoms with Gasteiger partial charge in [0.05, 0.1) is 11.4 Å². The highest BCUT2D eigenvalue weighted by Gasteiger charge is 2.17. The molecule has 0 saturated heterocycles. The zero-order chi connectivity index (χ0) is 22.5. The standard InChI is InChI=1S/C23H19F2N3O3/c1-13-11-17(25)19(28-23(30)21-10-9-20(31-21)22(29)27-2)12-16(13)18(26)8-5-14-3-6-15(24)7-4-14/h3-12,26H,1-2H3,(H,27,29)(H,28,30)/b8-5+,26-18?. The first-order valence-corrected chi connectivity index (χ1v) is 9.24. The van der Waals surface area contributed by atoms with Crippen molar-refractivity contribution in [1.29, 1.82) is 5.41 Å². The van der Waals surface area contributed by atoms with Gasteiger partial charge in [-0.15, -0.1) is 0 Å². The molecule has 0 atom stereocenters. The summed E-state index contributed by atoms with van der Waals surface area (Å²) in [4.78, 5) is 23.9. The van der Waals surface area contributed by atoms with E-state index in [1.807, 2.05) is 0 Å². The average molecular weight is 423 g/mol. The number of rotatable bonds is 6. The van der Waals surface area contributed by atoms with Gasteiger partial charge in [-0.2, -0.15) is 0 Å². The molecule has 2 amide bonds. The van der Waals surface area contributed by atoms with E-state index < -0.39 is 17.6 Å². The second-order valence-electron chi connectivity index (χ2n) is 6.64. The Morgan fingerprint density at radius 2 is 1.65 bits per heavy atom. The fraction of sp³-hybridized carbons (Fsp3) is 0.0870. The van der Waals surface area contributed by atoms with Crippen molar-refractivity contribution in [2.24, 2.45) is 0 Å². The van der Waals surface area contributed by atoms with Gasteiger partial charge in [-0.25, -0.2) is 8.78 Å². The Balaban J connectivity index is 1.81. The maximum Gasteiger partial charge on any atom is 0.291 e. The van der Waals surface area contributed by atoms with Gasteiger partial charge in [0.15, 0.2) is 11.5 Å². The predicted molar refractivity (Wildman–Crippen MR) is 113 cm³/mol. The number of aryl methyl sites for hydroxylation is 1. The first kappa shape index (κ1) is 21.6. The van der Waals surface area contributed by atoms with Crippen molar-refractivity contribution >= 4 is 29.3 Å². The molecule has 2 aromatic carbocycles. The monoisotopic (exact) mass is 423 g/mol. The highest BCUT2D eigenvalue weighted by atomic mass is 19.1. The number of carbonyl (C=O) groups is 2. The van der Waals surface area contributed by atoms with Crippen LogP contribution < -0.4 is 10.6 Å². The van der Waals surface area contributed by atoms with Crippen LogP contribution in [0, 0.1) is 24.0 Å². The van der Waals surface area contributed by atoms with Crippen LogP contribution in [0.25, 0.3) is 6.08 Å². The summed E-state index contributed by atoms with van der Waals surface area (Å²) in [5.41, 5.74) is 1.55. The van der Waals surface area contributed by atoms with Crippen LogP contribution >= 0.6 is 0 Å². The minimum Gasteiger partial charge on any atom is -0.446 e. The number of hydrogen-bond donors (Lipinski definition) is 3. The van der Waals surface area contributed by atoms with Gasteiger partial charge in [0.25, 0.3) is 11.8 Å². The molecule has 0 bridgehead atoms. The summed E-state index contributed by atoms with van der Waals surface area (Å²) in [7, 11) is 1.42. The van der Waals surface area contributed by atoms with E-state index in [4.69, 9.17) is 9.83 Å². The molecular formula is C23H19F2N3O3. The van der Waals surface area contributed by atoms with Crippen molar-refractivity contribution in [1.82, 2.24) is 5.32 Å². The van der Waals surface area contributed by atoms with Crippen LogP contribution in [0.4, 0.5) is 14.5 Å². The van der Waals surface area contributed by atoms with Crippen LogP contribution in [0.5, 0.6) is 0 Å². The molecule has 0 saturated carbocycles. The number of benzene rings is 2. The number of allylic oxidation sites excluding steroid dienone is 1. The van der Waals surface area contributed by atoms with E-state index in [1.54, 1.807) is 25.1 Å². The van der Waals surface area contributed by atoms with Crippen LogP contribution in [0.1, 0.15) is 37.8 Å². The molecule has 0 radical (unpaired) electrons. The molecule has 0 aliphatic heterocycles. The van der Waals surface area contributed by atoms with Crippen LogP contribution in [-0.2, 0) is 0 Å². The van der Waals surface area contributed by atoms with E-state index in [9.17, 15) is 18.4 Å². The molecule has 0 unspecified atom stereocenters. The first-order valence-electron chi connectivity index (χ1n) is 9.24. The molecular weight excluding hydrogens is 404 g/mol. The molecule has 0 spiro atoms. The van der Waals surface area contributed by atoms with Gasteiger partial charge in [0, 0.05) is 12.6 Å². The number of carbonyl (C=O) groups excluding carboxylic acids is 2. The quantitative estimate of drug-likeness (QED) is 0.507. The molecule has 3 aromatic rings. The highest BCUT2D eigenvalue weighted by Crippen LogP contribution is 2.22. The third kappa shape index (κ3) is 5.11. The normalized spacial score (nSPS) is 10.8. The largest absolute Gasteiger partial charge is 0.446 e. The second kappa shape index (κ2) is 9.17. The van der Waals surface area contributed by atoms with Gasteiger partial charge in [-0.1, -0.05) is 18.2 Å². The number of nitrogens with one attached hydrogen (secondary N) is 3. The van der Waals surface area contributed by atoms with Gasteiger partial charge in [-0.3, -0.25) is 9.59 Å².